The number of carbonyl (C=O) groups excluding carboxylic acids is 1. The average molecular weight is 273 g/mol. The molecule has 0 saturated heterocycles. The quantitative estimate of drug-likeness (QED) is 0.862. The molecule has 2 heterocycles. The lowest BCUT2D eigenvalue weighted by atomic mass is 9.94. The van der Waals surface area contributed by atoms with Gasteiger partial charge < -0.3 is 4.57 Å². The van der Waals surface area contributed by atoms with Crippen LogP contribution in [0.25, 0.3) is 0 Å². The van der Waals surface area contributed by atoms with Gasteiger partial charge in [0.25, 0.3) is 5.56 Å². The van der Waals surface area contributed by atoms with Crippen LogP contribution in [0.15, 0.2) is 34.4 Å². The SMILES string of the molecule is O=C1CCCc2c1ccc(=O)n2CCc1cccs1. The van der Waals surface area contributed by atoms with Gasteiger partial charge in [0.2, 0.25) is 0 Å². The van der Waals surface area contributed by atoms with Crippen molar-refractivity contribution in [1.82, 2.24) is 4.57 Å². The molecule has 3 nitrogen and oxygen atoms in total. The van der Waals surface area contributed by atoms with Gasteiger partial charge in [-0.15, -0.1) is 11.3 Å². The maximum absolute atomic E-state index is 12.0. The van der Waals surface area contributed by atoms with E-state index in [2.05, 4.69) is 6.07 Å². The highest BCUT2D eigenvalue weighted by atomic mass is 32.1. The Kier molecular flexibility index (Phi) is 3.34. The molecule has 0 atom stereocenters. The van der Waals surface area contributed by atoms with Gasteiger partial charge in [0.1, 0.15) is 0 Å². The first-order chi connectivity index (χ1) is 9.25. The van der Waals surface area contributed by atoms with Crippen LogP contribution in [0.1, 0.15) is 33.8 Å². The van der Waals surface area contributed by atoms with Crippen LogP contribution in [0.4, 0.5) is 0 Å². The van der Waals surface area contributed by atoms with E-state index in [0.29, 0.717) is 13.0 Å². The molecule has 0 N–H and O–H groups in total. The van der Waals surface area contributed by atoms with E-state index in [0.717, 1.165) is 30.5 Å². The number of hydrogen-bond acceptors (Lipinski definition) is 3. The van der Waals surface area contributed by atoms with Crippen LogP contribution in [0.3, 0.4) is 0 Å². The zero-order chi connectivity index (χ0) is 13.2. The minimum atomic E-state index is 0.00464. The minimum Gasteiger partial charge on any atom is -0.312 e. The summed E-state index contributed by atoms with van der Waals surface area (Å²) < 4.78 is 1.78. The van der Waals surface area contributed by atoms with E-state index in [1.165, 1.54) is 10.9 Å². The van der Waals surface area contributed by atoms with Gasteiger partial charge >= 0.3 is 0 Å². The van der Waals surface area contributed by atoms with E-state index >= 15 is 0 Å². The fourth-order valence-electron chi connectivity index (χ4n) is 2.62. The molecule has 98 valence electrons. The highest BCUT2D eigenvalue weighted by Crippen LogP contribution is 2.20. The van der Waals surface area contributed by atoms with Crippen LogP contribution >= 0.6 is 11.3 Å². The molecule has 0 fully saturated rings. The number of aryl methyl sites for hydroxylation is 1. The fourth-order valence-corrected chi connectivity index (χ4v) is 3.31. The molecule has 4 heteroatoms. The lowest BCUT2D eigenvalue weighted by Gasteiger charge is -2.19. The van der Waals surface area contributed by atoms with Gasteiger partial charge in [-0.05, 0) is 36.8 Å². The zero-order valence-electron chi connectivity index (χ0n) is 10.6. The second-order valence-electron chi connectivity index (χ2n) is 4.79. The van der Waals surface area contributed by atoms with Gasteiger partial charge in [-0.1, -0.05) is 6.07 Å². The summed E-state index contributed by atoms with van der Waals surface area (Å²) in [5, 5.41) is 2.04. The van der Waals surface area contributed by atoms with Crippen molar-refractivity contribution < 1.29 is 4.79 Å². The van der Waals surface area contributed by atoms with Crippen molar-refractivity contribution in [1.29, 1.82) is 0 Å². The van der Waals surface area contributed by atoms with Gasteiger partial charge in [-0.3, -0.25) is 9.59 Å². The number of ketones is 1. The summed E-state index contributed by atoms with van der Waals surface area (Å²) in [6.45, 7) is 0.662. The number of nitrogens with zero attached hydrogens (tertiary/aromatic N) is 1. The van der Waals surface area contributed by atoms with E-state index in [1.807, 2.05) is 11.4 Å². The standard InChI is InChI=1S/C15H15NO2S/c17-14-5-1-4-13-12(14)6-7-15(18)16(13)9-8-11-3-2-10-19-11/h2-3,6-7,10H,1,4-5,8-9H2. The predicted octanol–water partition coefficient (Wildman–Crippen LogP) is 2.67. The molecule has 0 amide bonds. The topological polar surface area (TPSA) is 39.1 Å². The van der Waals surface area contributed by atoms with Crippen molar-refractivity contribution in [2.24, 2.45) is 0 Å². The maximum Gasteiger partial charge on any atom is 0.250 e. The molecule has 0 saturated carbocycles. The van der Waals surface area contributed by atoms with Crippen molar-refractivity contribution in [3.8, 4) is 0 Å². The van der Waals surface area contributed by atoms with Crippen LogP contribution in [0.2, 0.25) is 0 Å². The second kappa shape index (κ2) is 5.13. The number of hydrogen-bond donors (Lipinski definition) is 0. The summed E-state index contributed by atoms with van der Waals surface area (Å²) >= 11 is 1.70. The number of aromatic nitrogens is 1. The first-order valence-electron chi connectivity index (χ1n) is 6.54. The maximum atomic E-state index is 12.0. The largest absolute Gasteiger partial charge is 0.312 e. The Morgan fingerprint density at radius 1 is 1.16 bits per heavy atom. The summed E-state index contributed by atoms with van der Waals surface area (Å²) in [6.07, 6.45) is 3.15. The molecule has 19 heavy (non-hydrogen) atoms. The van der Waals surface area contributed by atoms with Crippen LogP contribution in [0, 0.1) is 0 Å². The van der Waals surface area contributed by atoms with E-state index in [1.54, 1.807) is 22.0 Å². The van der Waals surface area contributed by atoms with Crippen LogP contribution in [0.5, 0.6) is 0 Å². The van der Waals surface area contributed by atoms with Crippen molar-refractivity contribution in [3.63, 3.8) is 0 Å². The summed E-state index contributed by atoms with van der Waals surface area (Å²) in [7, 11) is 0. The average Bonchev–Trinajstić information content (AvgIpc) is 2.91. The molecule has 0 spiro atoms. The first-order valence-corrected chi connectivity index (χ1v) is 7.42. The molecule has 2 aromatic heterocycles. The Hall–Kier alpha value is -1.68. The van der Waals surface area contributed by atoms with Crippen molar-refractivity contribution in [3.05, 3.63) is 56.1 Å². The third-order valence-corrected chi connectivity index (χ3v) is 4.51. The van der Waals surface area contributed by atoms with Crippen molar-refractivity contribution in [2.45, 2.75) is 32.2 Å². The molecule has 1 aliphatic carbocycles. The fraction of sp³-hybridized carbons (Fsp3) is 0.333. The van der Waals surface area contributed by atoms with E-state index in [4.69, 9.17) is 0 Å². The zero-order valence-corrected chi connectivity index (χ0v) is 11.4. The van der Waals surface area contributed by atoms with Crippen LogP contribution in [-0.4, -0.2) is 10.4 Å². The number of thiophene rings is 1. The summed E-state index contributed by atoms with van der Waals surface area (Å²) in [5.41, 5.74) is 1.68. The monoisotopic (exact) mass is 273 g/mol. The van der Waals surface area contributed by atoms with Gasteiger partial charge in [0, 0.05) is 35.2 Å². The molecule has 0 unspecified atom stereocenters. The normalized spacial score (nSPS) is 14.4. The third kappa shape index (κ3) is 2.40. The number of rotatable bonds is 3. The molecule has 0 aliphatic heterocycles. The van der Waals surface area contributed by atoms with E-state index in [-0.39, 0.29) is 11.3 Å². The third-order valence-electron chi connectivity index (χ3n) is 3.58. The highest BCUT2D eigenvalue weighted by Gasteiger charge is 2.20. The molecule has 2 aromatic rings. The molecular weight excluding hydrogens is 258 g/mol. The summed E-state index contributed by atoms with van der Waals surface area (Å²) in [4.78, 5) is 25.2. The van der Waals surface area contributed by atoms with Crippen molar-refractivity contribution in [2.75, 3.05) is 0 Å². The predicted molar refractivity (Wildman–Crippen MR) is 76.0 cm³/mol. The van der Waals surface area contributed by atoms with Crippen molar-refractivity contribution >= 4 is 17.1 Å². The number of Topliss-reactive ketones (excluding diaryl/α,β-unsaturated/α-hetero) is 1. The number of carbonyl (C=O) groups is 1. The molecule has 0 radical (unpaired) electrons. The second-order valence-corrected chi connectivity index (χ2v) is 5.82. The van der Waals surface area contributed by atoms with Crippen LogP contribution in [-0.2, 0) is 19.4 Å². The Labute approximate surface area is 115 Å². The summed E-state index contributed by atoms with van der Waals surface area (Å²) in [6, 6.07) is 7.32. The Balaban J connectivity index is 1.94. The minimum absolute atomic E-state index is 0.00464. The molecule has 1 aliphatic rings. The molecular formula is C15H15NO2S. The molecule has 0 bridgehead atoms. The van der Waals surface area contributed by atoms with Gasteiger partial charge in [-0.25, -0.2) is 0 Å². The molecule has 0 aromatic carbocycles. The number of fused-ring (bicyclic) bond motifs is 1. The smallest absolute Gasteiger partial charge is 0.250 e. The van der Waals surface area contributed by atoms with Gasteiger partial charge in [0.05, 0.1) is 0 Å². The Morgan fingerprint density at radius 3 is 2.84 bits per heavy atom. The highest BCUT2D eigenvalue weighted by molar-refractivity contribution is 7.09. The van der Waals surface area contributed by atoms with E-state index < -0.39 is 0 Å². The summed E-state index contributed by atoms with van der Waals surface area (Å²) in [5.74, 6) is 0.172. The Morgan fingerprint density at radius 2 is 2.05 bits per heavy atom. The van der Waals surface area contributed by atoms with E-state index in [9.17, 15) is 9.59 Å². The molecule has 3 rings (SSSR count). The first kappa shape index (κ1) is 12.4. The number of pyridine rings is 1. The lowest BCUT2D eigenvalue weighted by molar-refractivity contribution is 0.0970. The van der Waals surface area contributed by atoms with Gasteiger partial charge in [-0.2, -0.15) is 0 Å². The van der Waals surface area contributed by atoms with Gasteiger partial charge in [0.15, 0.2) is 5.78 Å². The van der Waals surface area contributed by atoms with Crippen LogP contribution < -0.4 is 5.56 Å². The lowest BCUT2D eigenvalue weighted by Crippen LogP contribution is -2.28. The Bertz CT molecular complexity index is 655.